The molecule has 2 bridgehead atoms. The molecule has 3 saturated heterocycles. The predicted octanol–water partition coefficient (Wildman–Crippen LogP) is 2.02. The van der Waals surface area contributed by atoms with Crippen molar-refractivity contribution < 1.29 is 9.18 Å². The minimum Gasteiger partial charge on any atom is -0.352 e. The second-order valence-electron chi connectivity index (χ2n) is 6.97. The normalized spacial score (nSPS) is 37.2. The van der Waals surface area contributed by atoms with Gasteiger partial charge in [-0.1, -0.05) is 6.08 Å². The van der Waals surface area contributed by atoms with Gasteiger partial charge < -0.3 is 15.6 Å². The zero-order chi connectivity index (χ0) is 16.7. The number of amides is 1. The van der Waals surface area contributed by atoms with E-state index in [1.807, 2.05) is 0 Å². The average Bonchev–Trinajstić information content (AvgIpc) is 3.10. The Kier molecular flexibility index (Phi) is 3.72. The zero-order valence-corrected chi connectivity index (χ0v) is 13.8. The first-order valence-electron chi connectivity index (χ1n) is 8.62. The number of aromatic nitrogens is 1. The maximum absolute atomic E-state index is 14.8. The second-order valence-corrected chi connectivity index (χ2v) is 6.97. The van der Waals surface area contributed by atoms with Crippen LogP contribution in [0.1, 0.15) is 35.9 Å². The number of H-pyrrole nitrogens is 1. The molecule has 5 nitrogen and oxygen atoms in total. The molecule has 5 rings (SSSR count). The Morgan fingerprint density at radius 2 is 2.12 bits per heavy atom. The number of nitrogens with zero attached hydrogens (tertiary/aromatic N) is 1. The third-order valence-corrected chi connectivity index (χ3v) is 5.62. The second kappa shape index (κ2) is 5.77. The van der Waals surface area contributed by atoms with Gasteiger partial charge in [0.05, 0.1) is 5.69 Å². The summed E-state index contributed by atoms with van der Waals surface area (Å²) < 4.78 is 14.8. The summed E-state index contributed by atoms with van der Waals surface area (Å²) in [5, 5.41) is 5.83. The molecule has 4 aliphatic heterocycles. The van der Waals surface area contributed by atoms with E-state index in [1.165, 1.54) is 6.08 Å². The Bertz CT molecular complexity index is 687. The molecule has 0 aromatic carbocycles. The first-order chi connectivity index (χ1) is 11.6. The summed E-state index contributed by atoms with van der Waals surface area (Å²) in [6.45, 7) is 4.43. The van der Waals surface area contributed by atoms with Crippen molar-refractivity contribution in [3.8, 4) is 0 Å². The largest absolute Gasteiger partial charge is 0.352 e. The van der Waals surface area contributed by atoms with Crippen LogP contribution in [0.4, 0.5) is 4.39 Å². The molecule has 1 aromatic rings. The lowest BCUT2D eigenvalue weighted by Gasteiger charge is -2.49. The van der Waals surface area contributed by atoms with Gasteiger partial charge in [0, 0.05) is 12.1 Å². The number of carbonyl (C=O) groups is 1. The van der Waals surface area contributed by atoms with Crippen molar-refractivity contribution >= 4 is 5.91 Å². The lowest BCUT2D eigenvalue weighted by atomic mass is 9.79. The maximum atomic E-state index is 14.8. The fourth-order valence-electron chi connectivity index (χ4n) is 4.14. The topological polar surface area (TPSA) is 60.2 Å². The van der Waals surface area contributed by atoms with Crippen molar-refractivity contribution in [2.45, 2.75) is 37.6 Å². The Hall–Kier alpha value is -2.08. The molecule has 3 N–H and O–H groups in total. The Morgan fingerprint density at radius 1 is 1.33 bits per heavy atom. The van der Waals surface area contributed by atoms with E-state index < -0.39 is 5.79 Å². The molecule has 128 valence electrons. The van der Waals surface area contributed by atoms with E-state index in [9.17, 15) is 9.18 Å². The van der Waals surface area contributed by atoms with Crippen LogP contribution in [0, 0.1) is 5.92 Å². The molecule has 1 amide bonds. The monoisotopic (exact) mass is 330 g/mol. The Balaban J connectivity index is 1.48. The summed E-state index contributed by atoms with van der Waals surface area (Å²) in [5.41, 5.74) is 0.727. The van der Waals surface area contributed by atoms with Crippen LogP contribution in [0.2, 0.25) is 0 Å². The summed E-state index contributed by atoms with van der Waals surface area (Å²) in [6.07, 6.45) is 8.63. The van der Waals surface area contributed by atoms with E-state index in [1.54, 1.807) is 30.5 Å². The van der Waals surface area contributed by atoms with E-state index in [0.29, 0.717) is 23.3 Å². The summed E-state index contributed by atoms with van der Waals surface area (Å²) in [4.78, 5) is 18.0. The van der Waals surface area contributed by atoms with Gasteiger partial charge in [-0.15, -0.1) is 0 Å². The highest BCUT2D eigenvalue weighted by Crippen LogP contribution is 2.32. The number of rotatable bonds is 3. The third-order valence-electron chi connectivity index (χ3n) is 5.62. The summed E-state index contributed by atoms with van der Waals surface area (Å²) >= 11 is 0. The van der Waals surface area contributed by atoms with E-state index in [4.69, 9.17) is 0 Å². The molecule has 0 saturated carbocycles. The van der Waals surface area contributed by atoms with Crippen LogP contribution in [-0.2, 0) is 5.79 Å². The Labute approximate surface area is 141 Å². The van der Waals surface area contributed by atoms with E-state index in [0.717, 1.165) is 25.9 Å². The molecule has 24 heavy (non-hydrogen) atoms. The number of allylic oxidation sites excluding steroid dienone is 2. The number of hydrogen-bond donors (Lipinski definition) is 3. The highest BCUT2D eigenvalue weighted by Gasteiger charge is 2.40. The van der Waals surface area contributed by atoms with Gasteiger partial charge in [0.2, 0.25) is 5.79 Å². The van der Waals surface area contributed by atoms with Gasteiger partial charge in [-0.05, 0) is 69.3 Å². The number of carbonyl (C=O) groups excluding carboxylic acids is 1. The summed E-state index contributed by atoms with van der Waals surface area (Å²) in [5.74, 6) is -1.41. The van der Waals surface area contributed by atoms with Gasteiger partial charge in [0.25, 0.3) is 5.91 Å². The fraction of sp³-hybridized carbons (Fsp3) is 0.500. The van der Waals surface area contributed by atoms with Gasteiger partial charge in [-0.3, -0.25) is 9.69 Å². The number of nitrogens with one attached hydrogen (secondary N) is 3. The summed E-state index contributed by atoms with van der Waals surface area (Å²) in [7, 11) is 0. The molecule has 1 aromatic heterocycles. The van der Waals surface area contributed by atoms with Crippen molar-refractivity contribution in [3.63, 3.8) is 0 Å². The molecular weight excluding hydrogens is 307 g/mol. The quantitative estimate of drug-likeness (QED) is 0.743. The highest BCUT2D eigenvalue weighted by atomic mass is 19.1. The minimum absolute atomic E-state index is 0.161. The summed E-state index contributed by atoms with van der Waals surface area (Å²) in [6, 6.07) is 3.79. The molecule has 0 radical (unpaired) electrons. The molecule has 3 fully saturated rings. The first kappa shape index (κ1) is 15.4. The van der Waals surface area contributed by atoms with Crippen molar-refractivity contribution in [3.05, 3.63) is 47.9 Å². The number of aromatic amines is 1. The van der Waals surface area contributed by atoms with Gasteiger partial charge >= 0.3 is 0 Å². The SMILES string of the molecule is C[C@H]1[C@H](NC(=O)c2ccc(C3(F)C=CC=CN3)[nH]2)C2CCN1CC2. The number of alkyl halides is 1. The van der Waals surface area contributed by atoms with Crippen LogP contribution in [0.15, 0.2) is 36.6 Å². The van der Waals surface area contributed by atoms with Crippen molar-refractivity contribution in [1.82, 2.24) is 20.5 Å². The average molecular weight is 330 g/mol. The Morgan fingerprint density at radius 3 is 2.79 bits per heavy atom. The lowest BCUT2D eigenvalue weighted by molar-refractivity contribution is 0.0216. The van der Waals surface area contributed by atoms with E-state index in [2.05, 4.69) is 27.4 Å². The van der Waals surface area contributed by atoms with Crippen LogP contribution < -0.4 is 10.6 Å². The fourth-order valence-corrected chi connectivity index (χ4v) is 4.14. The molecule has 1 unspecified atom stereocenters. The van der Waals surface area contributed by atoms with Crippen LogP contribution >= 0.6 is 0 Å². The highest BCUT2D eigenvalue weighted by molar-refractivity contribution is 5.92. The van der Waals surface area contributed by atoms with E-state index >= 15 is 0 Å². The molecule has 5 heterocycles. The first-order valence-corrected chi connectivity index (χ1v) is 8.62. The zero-order valence-electron chi connectivity index (χ0n) is 13.8. The van der Waals surface area contributed by atoms with Gasteiger partial charge in [0.1, 0.15) is 5.69 Å². The van der Waals surface area contributed by atoms with Gasteiger partial charge in [-0.25, -0.2) is 4.39 Å². The van der Waals surface area contributed by atoms with Crippen molar-refractivity contribution in [2.75, 3.05) is 13.1 Å². The molecule has 4 aliphatic rings. The van der Waals surface area contributed by atoms with Crippen LogP contribution in [-0.4, -0.2) is 41.0 Å². The van der Waals surface area contributed by atoms with Crippen molar-refractivity contribution in [2.24, 2.45) is 5.92 Å². The maximum Gasteiger partial charge on any atom is 0.267 e. The number of hydrogen-bond acceptors (Lipinski definition) is 3. The van der Waals surface area contributed by atoms with Crippen LogP contribution in [0.5, 0.6) is 0 Å². The molecule has 6 heteroatoms. The third kappa shape index (κ3) is 2.55. The number of halogens is 1. The number of piperidine rings is 3. The molecule has 0 spiro atoms. The van der Waals surface area contributed by atoms with Crippen molar-refractivity contribution in [1.29, 1.82) is 0 Å². The van der Waals surface area contributed by atoms with Crippen LogP contribution in [0.25, 0.3) is 0 Å². The number of dihydropyridines is 1. The number of fused-ring (bicyclic) bond motifs is 3. The lowest BCUT2D eigenvalue weighted by Crippen LogP contribution is -2.62. The van der Waals surface area contributed by atoms with E-state index in [-0.39, 0.29) is 11.9 Å². The molecule has 0 aliphatic carbocycles. The minimum atomic E-state index is -1.80. The van der Waals surface area contributed by atoms with Gasteiger partial charge in [-0.2, -0.15) is 0 Å². The van der Waals surface area contributed by atoms with Gasteiger partial charge in [0.15, 0.2) is 0 Å². The van der Waals surface area contributed by atoms with Crippen LogP contribution in [0.3, 0.4) is 0 Å². The smallest absolute Gasteiger partial charge is 0.267 e. The molecule has 3 atom stereocenters. The standard InChI is InChI=1S/C18H23FN4O/c1-12-16(13-6-10-23(12)11-7-13)22-17(24)14-4-5-15(21-14)18(19)8-2-3-9-20-18/h2-5,8-9,12-13,16,20-21H,6-7,10-11H2,1H3,(H,22,24)/t12-,16-,18?/m0/s1. The molecular formula is C18H23FN4O. The predicted molar refractivity (Wildman–Crippen MR) is 90.0 cm³/mol.